The van der Waals surface area contributed by atoms with E-state index in [0.717, 1.165) is 6.42 Å². The van der Waals surface area contributed by atoms with E-state index in [1.165, 1.54) is 57.7 Å². The Bertz CT molecular complexity index is 376. The monoisotopic (exact) mass is 400 g/mol. The zero-order valence-corrected chi connectivity index (χ0v) is 17.9. The van der Waals surface area contributed by atoms with Crippen LogP contribution in [0.25, 0.3) is 0 Å². The van der Waals surface area contributed by atoms with Gasteiger partial charge in [0.25, 0.3) is 0 Å². The van der Waals surface area contributed by atoms with Gasteiger partial charge < -0.3 is 0 Å². The number of hydrogen-bond donors (Lipinski definition) is 0. The Labute approximate surface area is 136 Å². The SMILES string of the molecule is CCC[CH2][Sn]([CH2]CCC)([CH2]CCC)[c]1cnc(CC)n1C. The third-order valence-electron chi connectivity index (χ3n) is 4.97. The molecule has 0 N–H and O–H groups in total. The standard InChI is InChI=1S/C6H9N2.3C4H9.Sn/c1-3-6-7-4-5-8(6)2;3*1-3-4-2;/h4H,3H2,1-2H3;3*1,3-4H2,2H3;. The second-order valence-corrected chi connectivity index (χ2v) is 19.6. The summed E-state index contributed by atoms with van der Waals surface area (Å²) in [7, 11) is 2.27. The average molecular weight is 399 g/mol. The topological polar surface area (TPSA) is 17.8 Å². The van der Waals surface area contributed by atoms with Crippen LogP contribution < -0.4 is 3.71 Å². The average Bonchev–Trinajstić information content (AvgIpc) is 2.88. The maximum atomic E-state index is 4.74. The first kappa shape index (κ1) is 19.1. The van der Waals surface area contributed by atoms with Crippen molar-refractivity contribution in [1.82, 2.24) is 9.55 Å². The number of unbranched alkanes of at least 4 members (excludes halogenated alkanes) is 3. The van der Waals surface area contributed by atoms with Crippen LogP contribution in [-0.2, 0) is 13.5 Å². The summed E-state index contributed by atoms with van der Waals surface area (Å²) in [5.74, 6) is 1.29. The Hall–Kier alpha value is 0.00870. The molecular formula is C18H36N2Sn. The summed E-state index contributed by atoms with van der Waals surface area (Å²) in [6.45, 7) is 9.26. The molecule has 122 valence electrons. The Morgan fingerprint density at radius 3 is 1.71 bits per heavy atom. The molecule has 2 nitrogen and oxygen atoms in total. The third-order valence-corrected chi connectivity index (χ3v) is 20.6. The molecule has 21 heavy (non-hydrogen) atoms. The molecule has 0 radical (unpaired) electrons. The molecule has 3 heteroatoms. The second-order valence-electron chi connectivity index (χ2n) is 6.56. The molecule has 0 aliphatic heterocycles. The third kappa shape index (κ3) is 5.00. The molecule has 0 unspecified atom stereocenters. The van der Waals surface area contributed by atoms with Crippen LogP contribution in [0.15, 0.2) is 6.20 Å². The van der Waals surface area contributed by atoms with E-state index in [-0.39, 0.29) is 0 Å². The molecule has 0 saturated heterocycles. The minimum atomic E-state index is -2.26. The first-order valence-corrected chi connectivity index (χ1v) is 16.6. The van der Waals surface area contributed by atoms with E-state index in [4.69, 9.17) is 4.98 Å². The summed E-state index contributed by atoms with van der Waals surface area (Å²) in [6.07, 6.45) is 11.6. The van der Waals surface area contributed by atoms with Gasteiger partial charge in [0, 0.05) is 0 Å². The fraction of sp³-hybridized carbons (Fsp3) is 0.833. The summed E-state index contributed by atoms with van der Waals surface area (Å²) in [4.78, 5) is 4.74. The fourth-order valence-electron chi connectivity index (χ4n) is 3.57. The molecule has 0 spiro atoms. The molecule has 0 aliphatic carbocycles. The van der Waals surface area contributed by atoms with Gasteiger partial charge in [-0.1, -0.05) is 0 Å². The van der Waals surface area contributed by atoms with Gasteiger partial charge in [-0.15, -0.1) is 0 Å². The van der Waals surface area contributed by atoms with Crippen LogP contribution >= 0.6 is 0 Å². The van der Waals surface area contributed by atoms with Gasteiger partial charge >= 0.3 is 137 Å². The molecule has 1 rings (SSSR count). The molecule has 0 bridgehead atoms. The van der Waals surface area contributed by atoms with E-state index in [2.05, 4.69) is 45.5 Å². The minimum absolute atomic E-state index is 1.06. The number of hydrogen-bond acceptors (Lipinski definition) is 1. The van der Waals surface area contributed by atoms with E-state index >= 15 is 0 Å². The number of nitrogens with zero attached hydrogens (tertiary/aromatic N) is 2. The second kappa shape index (κ2) is 9.91. The summed E-state index contributed by atoms with van der Waals surface area (Å²) in [5, 5.41) is 0. The van der Waals surface area contributed by atoms with Crippen molar-refractivity contribution >= 4 is 22.1 Å². The first-order valence-electron chi connectivity index (χ1n) is 9.16. The van der Waals surface area contributed by atoms with Crippen LogP contribution in [0.2, 0.25) is 13.3 Å². The van der Waals surface area contributed by atoms with Crippen molar-refractivity contribution in [3.05, 3.63) is 12.0 Å². The van der Waals surface area contributed by atoms with Crippen molar-refractivity contribution < 1.29 is 0 Å². The Kier molecular flexibility index (Phi) is 8.99. The van der Waals surface area contributed by atoms with Gasteiger partial charge in [0.2, 0.25) is 0 Å². The molecule has 1 heterocycles. The van der Waals surface area contributed by atoms with Crippen LogP contribution in [0.4, 0.5) is 0 Å². The van der Waals surface area contributed by atoms with Crippen LogP contribution in [0.5, 0.6) is 0 Å². The van der Waals surface area contributed by atoms with Crippen molar-refractivity contribution in [3.63, 3.8) is 0 Å². The van der Waals surface area contributed by atoms with Gasteiger partial charge in [0.1, 0.15) is 0 Å². The summed E-state index contributed by atoms with van der Waals surface area (Å²) in [6, 6.07) is 0. The van der Waals surface area contributed by atoms with Crippen LogP contribution in [-0.4, -0.2) is 27.9 Å². The number of aryl methyl sites for hydroxylation is 1. The molecular weight excluding hydrogens is 363 g/mol. The number of rotatable bonds is 11. The van der Waals surface area contributed by atoms with Crippen molar-refractivity contribution in [2.24, 2.45) is 7.05 Å². The van der Waals surface area contributed by atoms with Crippen molar-refractivity contribution in [3.8, 4) is 0 Å². The number of aromatic nitrogens is 2. The predicted octanol–water partition coefficient (Wildman–Crippen LogP) is 5.04. The van der Waals surface area contributed by atoms with Gasteiger partial charge in [-0.25, -0.2) is 0 Å². The molecule has 0 aliphatic rings. The zero-order valence-electron chi connectivity index (χ0n) is 15.0. The van der Waals surface area contributed by atoms with Crippen LogP contribution in [0.1, 0.15) is 72.0 Å². The zero-order chi connectivity index (χ0) is 15.7. The van der Waals surface area contributed by atoms with E-state index < -0.39 is 18.4 Å². The normalized spacial score (nSPS) is 12.0. The van der Waals surface area contributed by atoms with E-state index in [1.54, 1.807) is 3.71 Å². The van der Waals surface area contributed by atoms with Gasteiger partial charge in [-0.2, -0.15) is 0 Å². The van der Waals surface area contributed by atoms with Crippen molar-refractivity contribution in [2.75, 3.05) is 0 Å². The van der Waals surface area contributed by atoms with Gasteiger partial charge in [-0.3, -0.25) is 0 Å². The van der Waals surface area contributed by atoms with E-state index in [9.17, 15) is 0 Å². The van der Waals surface area contributed by atoms with Gasteiger partial charge in [-0.05, 0) is 0 Å². The Balaban J connectivity index is 3.12. The summed E-state index contributed by atoms with van der Waals surface area (Å²) >= 11 is -2.26. The van der Waals surface area contributed by atoms with E-state index in [0.29, 0.717) is 0 Å². The molecule has 0 atom stereocenters. The molecule has 1 aromatic heterocycles. The Morgan fingerprint density at radius 1 is 0.905 bits per heavy atom. The summed E-state index contributed by atoms with van der Waals surface area (Å²) < 4.78 is 8.80. The molecule has 0 aromatic carbocycles. The number of imidazole rings is 1. The summed E-state index contributed by atoms with van der Waals surface area (Å²) in [5.41, 5.74) is 0. The van der Waals surface area contributed by atoms with Crippen molar-refractivity contribution in [2.45, 2.75) is 86.0 Å². The van der Waals surface area contributed by atoms with Crippen molar-refractivity contribution in [1.29, 1.82) is 0 Å². The molecule has 0 saturated carbocycles. The van der Waals surface area contributed by atoms with E-state index in [1.807, 2.05) is 0 Å². The van der Waals surface area contributed by atoms with Gasteiger partial charge in [0.15, 0.2) is 0 Å². The molecule has 1 aromatic rings. The molecule has 0 fully saturated rings. The van der Waals surface area contributed by atoms with Crippen LogP contribution in [0, 0.1) is 0 Å². The van der Waals surface area contributed by atoms with Crippen LogP contribution in [0.3, 0.4) is 0 Å². The maximum absolute atomic E-state index is 4.74. The molecule has 0 amide bonds. The van der Waals surface area contributed by atoms with Gasteiger partial charge in [0.05, 0.1) is 0 Å². The predicted molar refractivity (Wildman–Crippen MR) is 97.1 cm³/mol. The Morgan fingerprint density at radius 2 is 1.38 bits per heavy atom. The fourth-order valence-corrected chi connectivity index (χ4v) is 20.1. The first-order chi connectivity index (χ1) is 10.1. The quantitative estimate of drug-likeness (QED) is 0.477.